The third-order valence-electron chi connectivity index (χ3n) is 3.64. The molecule has 0 heterocycles. The third-order valence-corrected chi connectivity index (χ3v) is 3.89. The van der Waals surface area contributed by atoms with Crippen molar-refractivity contribution in [2.24, 2.45) is 5.92 Å². The molecule has 1 aromatic rings. The fourth-order valence-electron chi connectivity index (χ4n) is 2.27. The summed E-state index contributed by atoms with van der Waals surface area (Å²) in [6.07, 6.45) is 4.08. The second kappa shape index (κ2) is 6.55. The first-order valence-electron chi connectivity index (χ1n) is 6.87. The van der Waals surface area contributed by atoms with Gasteiger partial charge in [-0.1, -0.05) is 30.7 Å². The van der Waals surface area contributed by atoms with Crippen LogP contribution in [0.1, 0.15) is 44.2 Å². The first kappa shape index (κ1) is 13.9. The number of aliphatic hydroxyl groups excluding tert-OH is 1. The molecule has 0 aromatic heterocycles. The van der Waals surface area contributed by atoms with Crippen LogP contribution >= 0.6 is 11.6 Å². The standard InChI is InChI=1S/C15H22ClNO/c1-2-14(18)9-10-17-15(11-3-4-11)12-5-7-13(16)8-6-12/h5-8,11,14-15,17-18H,2-4,9-10H2,1H3. The number of benzene rings is 1. The lowest BCUT2D eigenvalue weighted by molar-refractivity contribution is 0.158. The molecule has 1 saturated carbocycles. The average molecular weight is 268 g/mol. The normalized spacial score (nSPS) is 18.6. The van der Waals surface area contributed by atoms with Gasteiger partial charge in [-0.15, -0.1) is 0 Å². The molecular weight excluding hydrogens is 246 g/mol. The van der Waals surface area contributed by atoms with E-state index in [4.69, 9.17) is 11.6 Å². The molecule has 18 heavy (non-hydrogen) atoms. The van der Waals surface area contributed by atoms with E-state index in [9.17, 15) is 5.11 Å². The Bertz CT molecular complexity index is 361. The number of hydrogen-bond acceptors (Lipinski definition) is 2. The summed E-state index contributed by atoms with van der Waals surface area (Å²) in [6, 6.07) is 8.54. The van der Waals surface area contributed by atoms with Crippen LogP contribution in [0.15, 0.2) is 24.3 Å². The van der Waals surface area contributed by atoms with Crippen LogP contribution in [0.5, 0.6) is 0 Å². The highest BCUT2D eigenvalue weighted by Crippen LogP contribution is 2.41. The summed E-state index contributed by atoms with van der Waals surface area (Å²) in [5.41, 5.74) is 1.31. The summed E-state index contributed by atoms with van der Waals surface area (Å²) in [6.45, 7) is 2.89. The lowest BCUT2D eigenvalue weighted by Crippen LogP contribution is -2.26. The molecule has 2 rings (SSSR count). The van der Waals surface area contributed by atoms with E-state index in [1.54, 1.807) is 0 Å². The summed E-state index contributed by atoms with van der Waals surface area (Å²) in [5, 5.41) is 13.9. The van der Waals surface area contributed by atoms with E-state index in [1.807, 2.05) is 19.1 Å². The molecule has 0 radical (unpaired) electrons. The summed E-state index contributed by atoms with van der Waals surface area (Å²) < 4.78 is 0. The van der Waals surface area contributed by atoms with Gasteiger partial charge >= 0.3 is 0 Å². The average Bonchev–Trinajstić information content (AvgIpc) is 3.20. The number of aliphatic hydroxyl groups is 1. The fourth-order valence-corrected chi connectivity index (χ4v) is 2.39. The zero-order valence-electron chi connectivity index (χ0n) is 10.9. The monoisotopic (exact) mass is 267 g/mol. The van der Waals surface area contributed by atoms with Gasteiger partial charge < -0.3 is 10.4 Å². The van der Waals surface area contributed by atoms with Crippen LogP contribution in [0.2, 0.25) is 5.02 Å². The lowest BCUT2D eigenvalue weighted by atomic mass is 10.0. The van der Waals surface area contributed by atoms with Gasteiger partial charge in [0.15, 0.2) is 0 Å². The highest BCUT2D eigenvalue weighted by atomic mass is 35.5. The third kappa shape index (κ3) is 3.98. The Hall–Kier alpha value is -0.570. The maximum absolute atomic E-state index is 9.57. The lowest BCUT2D eigenvalue weighted by Gasteiger charge is -2.20. The van der Waals surface area contributed by atoms with E-state index in [0.29, 0.717) is 6.04 Å². The van der Waals surface area contributed by atoms with Crippen LogP contribution in [0.3, 0.4) is 0 Å². The van der Waals surface area contributed by atoms with E-state index < -0.39 is 0 Å². The smallest absolute Gasteiger partial charge is 0.0549 e. The van der Waals surface area contributed by atoms with Crippen molar-refractivity contribution in [3.8, 4) is 0 Å². The van der Waals surface area contributed by atoms with Gasteiger partial charge in [-0.25, -0.2) is 0 Å². The van der Waals surface area contributed by atoms with Gasteiger partial charge in [0, 0.05) is 11.1 Å². The van der Waals surface area contributed by atoms with Gasteiger partial charge in [0.2, 0.25) is 0 Å². The van der Waals surface area contributed by atoms with Gasteiger partial charge in [-0.2, -0.15) is 0 Å². The van der Waals surface area contributed by atoms with E-state index >= 15 is 0 Å². The van der Waals surface area contributed by atoms with Crippen molar-refractivity contribution in [3.05, 3.63) is 34.9 Å². The predicted molar refractivity (Wildman–Crippen MR) is 75.8 cm³/mol. The second-order valence-corrected chi connectivity index (χ2v) is 5.61. The molecule has 3 heteroatoms. The number of rotatable bonds is 7. The minimum atomic E-state index is -0.178. The summed E-state index contributed by atoms with van der Waals surface area (Å²) >= 11 is 5.92. The maximum atomic E-state index is 9.57. The van der Waals surface area contributed by atoms with E-state index in [-0.39, 0.29) is 6.10 Å². The van der Waals surface area contributed by atoms with Crippen molar-refractivity contribution >= 4 is 11.6 Å². The summed E-state index contributed by atoms with van der Waals surface area (Å²) in [4.78, 5) is 0. The van der Waals surface area contributed by atoms with Crippen molar-refractivity contribution in [1.82, 2.24) is 5.32 Å². The van der Waals surface area contributed by atoms with Gasteiger partial charge in [0.1, 0.15) is 0 Å². The van der Waals surface area contributed by atoms with Gasteiger partial charge in [-0.05, 0) is 55.8 Å². The van der Waals surface area contributed by atoms with E-state index in [1.165, 1.54) is 18.4 Å². The number of nitrogens with one attached hydrogen (secondary N) is 1. The Labute approximate surface area is 114 Å². The van der Waals surface area contributed by atoms with Crippen molar-refractivity contribution in [1.29, 1.82) is 0 Å². The molecule has 0 saturated heterocycles. The Balaban J connectivity index is 1.90. The summed E-state index contributed by atoms with van der Waals surface area (Å²) in [7, 11) is 0. The summed E-state index contributed by atoms with van der Waals surface area (Å²) in [5.74, 6) is 0.755. The molecular formula is C15H22ClNO. The van der Waals surface area contributed by atoms with E-state index in [0.717, 1.165) is 30.3 Å². The van der Waals surface area contributed by atoms with Crippen LogP contribution < -0.4 is 5.32 Å². The Morgan fingerprint density at radius 3 is 2.56 bits per heavy atom. The Morgan fingerprint density at radius 2 is 2.00 bits per heavy atom. The van der Waals surface area contributed by atoms with Crippen molar-refractivity contribution in [2.45, 2.75) is 44.8 Å². The fraction of sp³-hybridized carbons (Fsp3) is 0.600. The predicted octanol–water partition coefficient (Wildman–Crippen LogP) is 3.54. The van der Waals surface area contributed by atoms with E-state index in [2.05, 4.69) is 17.4 Å². The Kier molecular flexibility index (Phi) is 5.04. The molecule has 0 amide bonds. The number of halogens is 1. The SMILES string of the molecule is CCC(O)CCNC(c1ccc(Cl)cc1)C1CC1. The van der Waals surface area contributed by atoms with Gasteiger partial charge in [-0.3, -0.25) is 0 Å². The van der Waals surface area contributed by atoms with Crippen LogP contribution in [-0.4, -0.2) is 17.8 Å². The van der Waals surface area contributed by atoms with Crippen LogP contribution in [0.4, 0.5) is 0 Å². The molecule has 100 valence electrons. The molecule has 2 nitrogen and oxygen atoms in total. The first-order chi connectivity index (χ1) is 8.70. The molecule has 2 atom stereocenters. The maximum Gasteiger partial charge on any atom is 0.0549 e. The second-order valence-electron chi connectivity index (χ2n) is 5.17. The molecule has 1 aliphatic rings. The highest BCUT2D eigenvalue weighted by molar-refractivity contribution is 6.30. The topological polar surface area (TPSA) is 32.3 Å². The van der Waals surface area contributed by atoms with Crippen LogP contribution in [-0.2, 0) is 0 Å². The molecule has 2 unspecified atom stereocenters. The molecule has 0 bridgehead atoms. The molecule has 0 aliphatic heterocycles. The first-order valence-corrected chi connectivity index (χ1v) is 7.25. The van der Waals surface area contributed by atoms with Crippen LogP contribution in [0.25, 0.3) is 0 Å². The Morgan fingerprint density at radius 1 is 1.33 bits per heavy atom. The van der Waals surface area contributed by atoms with Gasteiger partial charge in [0.25, 0.3) is 0 Å². The number of hydrogen-bond donors (Lipinski definition) is 2. The quantitative estimate of drug-likeness (QED) is 0.792. The zero-order valence-corrected chi connectivity index (χ0v) is 11.7. The minimum Gasteiger partial charge on any atom is -0.393 e. The molecule has 1 aliphatic carbocycles. The van der Waals surface area contributed by atoms with Crippen LogP contribution in [0, 0.1) is 5.92 Å². The van der Waals surface area contributed by atoms with Crippen molar-refractivity contribution in [3.63, 3.8) is 0 Å². The molecule has 1 fully saturated rings. The largest absolute Gasteiger partial charge is 0.393 e. The van der Waals surface area contributed by atoms with Gasteiger partial charge in [0.05, 0.1) is 6.10 Å². The molecule has 1 aromatic carbocycles. The molecule has 0 spiro atoms. The molecule has 2 N–H and O–H groups in total. The highest BCUT2D eigenvalue weighted by Gasteiger charge is 2.31. The zero-order chi connectivity index (χ0) is 13.0. The van der Waals surface area contributed by atoms with Crippen molar-refractivity contribution < 1.29 is 5.11 Å². The minimum absolute atomic E-state index is 0.178. The van der Waals surface area contributed by atoms with Crippen molar-refractivity contribution in [2.75, 3.05) is 6.54 Å².